The highest BCUT2D eigenvalue weighted by Crippen LogP contribution is 2.36. The maximum absolute atomic E-state index is 9.65. The number of hydrogen-bond donors (Lipinski definition) is 0. The molecule has 0 radical (unpaired) electrons. The largest absolute Gasteiger partial charge is 0.491 e. The fraction of sp³-hybridized carbons (Fsp3) is 0.357. The second kappa shape index (κ2) is 10.5. The Bertz CT molecular complexity index is 1450. The third-order valence-corrected chi connectivity index (χ3v) is 7.94. The molecule has 4 aromatic rings. The molecule has 7 rings (SSSR count). The summed E-state index contributed by atoms with van der Waals surface area (Å²) >= 11 is 1.74. The van der Waals surface area contributed by atoms with Gasteiger partial charge in [-0.15, -0.1) is 0 Å². The molecule has 3 aliphatic heterocycles. The van der Waals surface area contributed by atoms with Crippen molar-refractivity contribution in [2.75, 3.05) is 43.7 Å². The molecule has 2 bridgehead atoms. The number of piperidine rings is 1. The van der Waals surface area contributed by atoms with Gasteiger partial charge in [0.05, 0.1) is 37.2 Å². The molecule has 38 heavy (non-hydrogen) atoms. The standard InChI is InChI=1S/C28H29N7O2S/c1-36-27-6-3-19(12-31-27)15-34-22-9-23(34)17-33(16-22)26-5-4-20(13-30-26)25-10-24(37-7-8-38-2)18-35-28(25)21(11-29)14-32-35/h3-6,10,12-14,18,22-23H,7-9,15-17H2,1-2H3. The molecule has 4 aromatic heterocycles. The lowest BCUT2D eigenvalue weighted by atomic mass is 9.87. The van der Waals surface area contributed by atoms with E-state index in [0.717, 1.165) is 53.6 Å². The van der Waals surface area contributed by atoms with Crippen molar-refractivity contribution in [1.82, 2.24) is 24.5 Å². The topological polar surface area (TPSA) is 91.8 Å². The lowest BCUT2D eigenvalue weighted by molar-refractivity contribution is -0.00876. The number of nitrogens with zero attached hydrogens (tertiary/aromatic N) is 7. The monoisotopic (exact) mass is 527 g/mol. The van der Waals surface area contributed by atoms with Gasteiger partial charge in [-0.2, -0.15) is 22.1 Å². The number of hydrogen-bond acceptors (Lipinski definition) is 9. The summed E-state index contributed by atoms with van der Waals surface area (Å²) in [5.41, 5.74) is 4.33. The molecule has 194 valence electrons. The molecule has 3 fully saturated rings. The fourth-order valence-electron chi connectivity index (χ4n) is 5.42. The molecular formula is C28H29N7O2S. The van der Waals surface area contributed by atoms with Crippen LogP contribution < -0.4 is 14.4 Å². The zero-order valence-corrected chi connectivity index (χ0v) is 22.3. The van der Waals surface area contributed by atoms with Gasteiger partial charge in [-0.25, -0.2) is 14.5 Å². The van der Waals surface area contributed by atoms with Crippen molar-refractivity contribution in [2.24, 2.45) is 0 Å². The highest BCUT2D eigenvalue weighted by molar-refractivity contribution is 7.98. The Hall–Kier alpha value is -3.81. The number of rotatable bonds is 9. The lowest BCUT2D eigenvalue weighted by Crippen LogP contribution is -2.68. The van der Waals surface area contributed by atoms with Gasteiger partial charge in [-0.1, -0.05) is 6.07 Å². The van der Waals surface area contributed by atoms with Crippen LogP contribution in [0.15, 0.2) is 55.1 Å². The summed E-state index contributed by atoms with van der Waals surface area (Å²) in [4.78, 5) is 14.1. The average Bonchev–Trinajstić information content (AvgIpc) is 3.39. The van der Waals surface area contributed by atoms with E-state index < -0.39 is 0 Å². The summed E-state index contributed by atoms with van der Waals surface area (Å²) in [6.07, 6.45) is 10.5. The van der Waals surface area contributed by atoms with Crippen LogP contribution in [-0.2, 0) is 6.54 Å². The zero-order valence-electron chi connectivity index (χ0n) is 21.4. The van der Waals surface area contributed by atoms with Gasteiger partial charge in [-0.3, -0.25) is 4.90 Å². The molecule has 0 amide bonds. The van der Waals surface area contributed by atoms with Crippen LogP contribution in [-0.4, -0.2) is 75.4 Å². The molecule has 0 aliphatic carbocycles. The molecule has 0 saturated carbocycles. The predicted molar refractivity (Wildman–Crippen MR) is 148 cm³/mol. The second-order valence-corrected chi connectivity index (χ2v) is 10.6. The molecular weight excluding hydrogens is 498 g/mol. The Morgan fingerprint density at radius 3 is 2.66 bits per heavy atom. The number of piperazine rings is 1. The third-order valence-electron chi connectivity index (χ3n) is 7.36. The molecule has 9 nitrogen and oxygen atoms in total. The number of ether oxygens (including phenoxy) is 2. The van der Waals surface area contributed by atoms with Crippen molar-refractivity contribution in [3.63, 3.8) is 0 Å². The molecule has 3 aliphatic rings. The number of anilines is 1. The Labute approximate surface area is 226 Å². The van der Waals surface area contributed by atoms with Gasteiger partial charge in [0.2, 0.25) is 5.88 Å². The maximum atomic E-state index is 9.65. The molecule has 0 N–H and O–H groups in total. The van der Waals surface area contributed by atoms with Gasteiger partial charge in [0.25, 0.3) is 0 Å². The molecule has 0 aromatic carbocycles. The van der Waals surface area contributed by atoms with Crippen LogP contribution in [0.3, 0.4) is 0 Å². The van der Waals surface area contributed by atoms with E-state index in [0.29, 0.717) is 30.1 Å². The summed E-state index contributed by atoms with van der Waals surface area (Å²) in [7, 11) is 1.64. The molecule has 2 atom stereocenters. The number of aromatic nitrogens is 4. The first-order chi connectivity index (χ1) is 18.7. The van der Waals surface area contributed by atoms with Crippen LogP contribution in [0.2, 0.25) is 0 Å². The molecule has 3 saturated heterocycles. The summed E-state index contributed by atoms with van der Waals surface area (Å²) < 4.78 is 12.9. The zero-order chi connectivity index (χ0) is 26.1. The maximum Gasteiger partial charge on any atom is 0.212 e. The molecule has 0 spiro atoms. The van der Waals surface area contributed by atoms with Crippen molar-refractivity contribution in [3.05, 3.63) is 66.2 Å². The highest BCUT2D eigenvalue weighted by Gasteiger charge is 2.44. The van der Waals surface area contributed by atoms with Crippen LogP contribution in [0.1, 0.15) is 17.5 Å². The normalized spacial score (nSPS) is 18.7. The molecule has 2 unspecified atom stereocenters. The summed E-state index contributed by atoms with van der Waals surface area (Å²) in [6, 6.07) is 13.4. The minimum atomic E-state index is 0.511. The summed E-state index contributed by atoms with van der Waals surface area (Å²) in [5.74, 6) is 3.25. The first-order valence-corrected chi connectivity index (χ1v) is 14.1. The van der Waals surface area contributed by atoms with Crippen molar-refractivity contribution in [1.29, 1.82) is 5.26 Å². The lowest BCUT2D eigenvalue weighted by Gasteiger charge is -2.56. The van der Waals surface area contributed by atoms with E-state index in [1.165, 1.54) is 12.0 Å². The van der Waals surface area contributed by atoms with E-state index in [4.69, 9.17) is 14.5 Å². The number of nitriles is 1. The van der Waals surface area contributed by atoms with Crippen molar-refractivity contribution < 1.29 is 9.47 Å². The first kappa shape index (κ1) is 24.5. The third kappa shape index (κ3) is 4.64. The van der Waals surface area contributed by atoms with E-state index in [2.05, 4.69) is 50.4 Å². The first-order valence-electron chi connectivity index (χ1n) is 12.7. The minimum Gasteiger partial charge on any atom is -0.491 e. The average molecular weight is 528 g/mol. The number of methoxy groups -OCH3 is 1. The second-order valence-electron chi connectivity index (χ2n) is 9.63. The van der Waals surface area contributed by atoms with Crippen LogP contribution in [0.4, 0.5) is 5.82 Å². The van der Waals surface area contributed by atoms with E-state index in [1.54, 1.807) is 29.6 Å². The number of pyridine rings is 3. The predicted octanol–water partition coefficient (Wildman–Crippen LogP) is 3.88. The van der Waals surface area contributed by atoms with Gasteiger partial charge >= 0.3 is 0 Å². The van der Waals surface area contributed by atoms with Gasteiger partial charge in [-0.05, 0) is 36.4 Å². The van der Waals surface area contributed by atoms with Crippen LogP contribution in [0.5, 0.6) is 11.6 Å². The van der Waals surface area contributed by atoms with Gasteiger partial charge in [0.15, 0.2) is 0 Å². The van der Waals surface area contributed by atoms with Crippen LogP contribution in [0, 0.1) is 11.3 Å². The Morgan fingerprint density at radius 2 is 1.97 bits per heavy atom. The fourth-order valence-corrected chi connectivity index (χ4v) is 5.67. The smallest absolute Gasteiger partial charge is 0.212 e. The van der Waals surface area contributed by atoms with Gasteiger partial charge < -0.3 is 14.4 Å². The van der Waals surface area contributed by atoms with E-state index in [9.17, 15) is 5.26 Å². The van der Waals surface area contributed by atoms with Crippen molar-refractivity contribution in [3.8, 4) is 28.8 Å². The highest BCUT2D eigenvalue weighted by atomic mass is 32.2. The molecule has 7 heterocycles. The Balaban J connectivity index is 1.18. The van der Waals surface area contributed by atoms with Crippen LogP contribution >= 0.6 is 11.8 Å². The Kier molecular flexibility index (Phi) is 6.79. The van der Waals surface area contributed by atoms with Gasteiger partial charge in [0, 0.05) is 67.1 Å². The SMILES string of the molecule is COc1ccc(CN2C3CC2CN(c2ccc(-c4cc(OCCSC)cn5ncc(C#N)c45)cn2)C3)cn1. The Morgan fingerprint density at radius 1 is 1.11 bits per heavy atom. The van der Waals surface area contributed by atoms with E-state index in [-0.39, 0.29) is 0 Å². The van der Waals surface area contributed by atoms with Crippen molar-refractivity contribution in [2.45, 2.75) is 25.0 Å². The van der Waals surface area contributed by atoms with E-state index in [1.807, 2.05) is 30.7 Å². The summed E-state index contributed by atoms with van der Waals surface area (Å²) in [6.45, 7) is 3.43. The molecule has 10 heteroatoms. The van der Waals surface area contributed by atoms with Gasteiger partial charge in [0.1, 0.15) is 17.6 Å². The van der Waals surface area contributed by atoms with Crippen molar-refractivity contribution >= 4 is 23.1 Å². The number of thioether (sulfide) groups is 1. The quantitative estimate of drug-likeness (QED) is 0.301. The van der Waals surface area contributed by atoms with Crippen LogP contribution in [0.25, 0.3) is 16.6 Å². The summed E-state index contributed by atoms with van der Waals surface area (Å²) in [5, 5.41) is 14.0. The van der Waals surface area contributed by atoms with E-state index >= 15 is 0 Å². The minimum absolute atomic E-state index is 0.511. The number of fused-ring (bicyclic) bond motifs is 3.